The van der Waals surface area contributed by atoms with Gasteiger partial charge in [0.2, 0.25) is 0 Å². The number of fused-ring (bicyclic) bond motifs is 1. The summed E-state index contributed by atoms with van der Waals surface area (Å²) in [6.07, 6.45) is 1.78. The summed E-state index contributed by atoms with van der Waals surface area (Å²) in [5, 5.41) is 0.978. The molecular weight excluding hydrogens is 288 g/mol. The predicted octanol–water partition coefficient (Wildman–Crippen LogP) is 4.89. The Balaban J connectivity index is 1.92. The highest BCUT2D eigenvalue weighted by molar-refractivity contribution is 5.81. The van der Waals surface area contributed by atoms with Crippen molar-refractivity contribution in [1.82, 2.24) is 0 Å². The van der Waals surface area contributed by atoms with Crippen molar-refractivity contribution in [2.45, 2.75) is 32.8 Å². The molecule has 1 atom stereocenters. The Bertz CT molecular complexity index is 850. The van der Waals surface area contributed by atoms with Crippen LogP contribution in [0.15, 0.2) is 63.8 Å². The van der Waals surface area contributed by atoms with Crippen molar-refractivity contribution in [2.75, 3.05) is 0 Å². The highest BCUT2D eigenvalue weighted by atomic mass is 16.5. The van der Waals surface area contributed by atoms with Gasteiger partial charge in [0.25, 0.3) is 0 Å². The van der Waals surface area contributed by atoms with Gasteiger partial charge in [0.05, 0.1) is 0 Å². The van der Waals surface area contributed by atoms with Crippen molar-refractivity contribution in [3.8, 4) is 5.75 Å². The zero-order valence-electron chi connectivity index (χ0n) is 13.4. The van der Waals surface area contributed by atoms with Crippen LogP contribution < -0.4 is 10.4 Å². The first-order valence-corrected chi connectivity index (χ1v) is 7.95. The van der Waals surface area contributed by atoms with Crippen LogP contribution in [0.4, 0.5) is 0 Å². The smallest absolute Gasteiger partial charge is 0.336 e. The number of rotatable bonds is 5. The lowest BCUT2D eigenvalue weighted by Crippen LogP contribution is -2.04. The van der Waals surface area contributed by atoms with Gasteiger partial charge in [0.1, 0.15) is 17.4 Å². The third-order valence-corrected chi connectivity index (χ3v) is 3.90. The van der Waals surface area contributed by atoms with Crippen LogP contribution in [0.1, 0.15) is 37.5 Å². The average molecular weight is 308 g/mol. The molecule has 0 aliphatic heterocycles. The van der Waals surface area contributed by atoms with Crippen LogP contribution in [0.2, 0.25) is 0 Å². The molecule has 2 aromatic carbocycles. The normalized spacial score (nSPS) is 12.3. The van der Waals surface area contributed by atoms with Crippen LogP contribution in [0, 0.1) is 0 Å². The van der Waals surface area contributed by atoms with Crippen LogP contribution in [0.5, 0.6) is 5.75 Å². The van der Waals surface area contributed by atoms with E-state index >= 15 is 0 Å². The van der Waals surface area contributed by atoms with Gasteiger partial charge in [-0.3, -0.25) is 0 Å². The summed E-state index contributed by atoms with van der Waals surface area (Å²) < 4.78 is 11.3. The summed E-state index contributed by atoms with van der Waals surface area (Å²) in [4.78, 5) is 11.7. The highest BCUT2D eigenvalue weighted by Gasteiger charge is 2.10. The molecule has 3 rings (SSSR count). The molecule has 0 bridgehead atoms. The van der Waals surface area contributed by atoms with Crippen molar-refractivity contribution in [2.24, 2.45) is 0 Å². The molecule has 0 fully saturated rings. The molecule has 0 aliphatic carbocycles. The van der Waals surface area contributed by atoms with Crippen molar-refractivity contribution in [3.05, 3.63) is 76.1 Å². The van der Waals surface area contributed by atoms with Gasteiger partial charge in [-0.15, -0.1) is 0 Å². The van der Waals surface area contributed by atoms with Crippen LogP contribution in [0.25, 0.3) is 11.0 Å². The second-order valence-electron chi connectivity index (χ2n) is 5.67. The first-order valence-electron chi connectivity index (χ1n) is 7.95. The van der Waals surface area contributed by atoms with Crippen molar-refractivity contribution < 1.29 is 9.15 Å². The Morgan fingerprint density at radius 1 is 1.09 bits per heavy atom. The second-order valence-corrected chi connectivity index (χ2v) is 5.67. The predicted molar refractivity (Wildman–Crippen MR) is 92.0 cm³/mol. The molecule has 3 heteroatoms. The van der Waals surface area contributed by atoms with E-state index < -0.39 is 0 Å². The fraction of sp³-hybridized carbons (Fsp3) is 0.250. The molecule has 0 aliphatic rings. The van der Waals surface area contributed by atoms with E-state index in [9.17, 15) is 4.79 Å². The number of ether oxygens (including phenoxy) is 1. The Morgan fingerprint density at radius 2 is 1.87 bits per heavy atom. The van der Waals surface area contributed by atoms with Gasteiger partial charge in [-0.2, -0.15) is 0 Å². The van der Waals surface area contributed by atoms with Gasteiger partial charge in [0, 0.05) is 17.5 Å². The van der Waals surface area contributed by atoms with E-state index in [-0.39, 0.29) is 11.7 Å². The van der Waals surface area contributed by atoms with Gasteiger partial charge >= 0.3 is 5.63 Å². The molecule has 0 N–H and O–H groups in total. The number of hydrogen-bond donors (Lipinski definition) is 0. The van der Waals surface area contributed by atoms with E-state index in [2.05, 4.69) is 6.92 Å². The van der Waals surface area contributed by atoms with Crippen molar-refractivity contribution in [3.63, 3.8) is 0 Å². The Hall–Kier alpha value is -2.55. The summed E-state index contributed by atoms with van der Waals surface area (Å²) in [7, 11) is 0. The Kier molecular flexibility index (Phi) is 4.47. The number of aryl methyl sites for hydroxylation is 1. The van der Waals surface area contributed by atoms with E-state index in [1.807, 2.05) is 49.4 Å². The summed E-state index contributed by atoms with van der Waals surface area (Å²) in [5.74, 6) is 0.700. The molecule has 1 unspecified atom stereocenters. The fourth-order valence-electron chi connectivity index (χ4n) is 2.76. The Morgan fingerprint density at radius 3 is 2.61 bits per heavy atom. The molecule has 0 spiro atoms. The van der Waals surface area contributed by atoms with E-state index in [1.54, 1.807) is 12.1 Å². The first kappa shape index (κ1) is 15.3. The zero-order valence-corrected chi connectivity index (χ0v) is 13.4. The van der Waals surface area contributed by atoms with Crippen LogP contribution >= 0.6 is 0 Å². The van der Waals surface area contributed by atoms with E-state index in [1.165, 1.54) is 0 Å². The highest BCUT2D eigenvalue weighted by Crippen LogP contribution is 2.27. The lowest BCUT2D eigenvalue weighted by molar-refractivity contribution is 0.227. The second kappa shape index (κ2) is 6.69. The van der Waals surface area contributed by atoms with Gasteiger partial charge < -0.3 is 9.15 Å². The molecule has 23 heavy (non-hydrogen) atoms. The topological polar surface area (TPSA) is 39.4 Å². The molecule has 0 radical (unpaired) electrons. The van der Waals surface area contributed by atoms with Gasteiger partial charge in [-0.1, -0.05) is 43.7 Å². The third kappa shape index (κ3) is 3.45. The number of hydrogen-bond acceptors (Lipinski definition) is 3. The van der Waals surface area contributed by atoms with Gasteiger partial charge in [-0.25, -0.2) is 4.79 Å². The molecule has 1 heterocycles. The van der Waals surface area contributed by atoms with Gasteiger partial charge in [0.15, 0.2) is 0 Å². The van der Waals surface area contributed by atoms with E-state index in [4.69, 9.17) is 9.15 Å². The van der Waals surface area contributed by atoms with E-state index in [0.717, 1.165) is 29.4 Å². The summed E-state index contributed by atoms with van der Waals surface area (Å²) in [6.45, 7) is 4.10. The van der Waals surface area contributed by atoms with Crippen molar-refractivity contribution in [1.29, 1.82) is 0 Å². The lowest BCUT2D eigenvalue weighted by Gasteiger charge is -2.15. The molecule has 0 saturated carbocycles. The fourth-order valence-corrected chi connectivity index (χ4v) is 2.76. The standard InChI is InChI=1S/C20H20O3/c1-3-7-16-12-20(21)23-19-13-17(10-11-18(16)19)22-14(2)15-8-5-4-6-9-15/h4-6,8-14H,3,7H2,1-2H3. The molecule has 0 saturated heterocycles. The van der Waals surface area contributed by atoms with Crippen LogP contribution in [-0.4, -0.2) is 0 Å². The maximum atomic E-state index is 11.7. The van der Waals surface area contributed by atoms with Crippen LogP contribution in [-0.2, 0) is 6.42 Å². The molecular formula is C20H20O3. The Labute approximate surface area is 135 Å². The summed E-state index contributed by atoms with van der Waals surface area (Å²) in [6, 6.07) is 17.3. The minimum Gasteiger partial charge on any atom is -0.486 e. The third-order valence-electron chi connectivity index (χ3n) is 3.90. The van der Waals surface area contributed by atoms with Gasteiger partial charge in [-0.05, 0) is 36.6 Å². The molecule has 0 amide bonds. The maximum absolute atomic E-state index is 11.7. The lowest BCUT2D eigenvalue weighted by atomic mass is 10.1. The molecule has 3 aromatic rings. The SMILES string of the molecule is CCCc1cc(=O)oc2cc(OC(C)c3ccccc3)ccc12. The largest absolute Gasteiger partial charge is 0.486 e. The van der Waals surface area contributed by atoms with Crippen molar-refractivity contribution >= 4 is 11.0 Å². The van der Waals surface area contributed by atoms with E-state index in [0.29, 0.717) is 11.3 Å². The molecule has 118 valence electrons. The molecule has 3 nitrogen and oxygen atoms in total. The zero-order chi connectivity index (χ0) is 16.2. The minimum atomic E-state index is -0.311. The number of benzene rings is 2. The first-order chi connectivity index (χ1) is 11.2. The minimum absolute atomic E-state index is 0.0702. The maximum Gasteiger partial charge on any atom is 0.336 e. The monoisotopic (exact) mass is 308 g/mol. The summed E-state index contributed by atoms with van der Waals surface area (Å²) in [5.41, 5.74) is 2.41. The summed E-state index contributed by atoms with van der Waals surface area (Å²) >= 11 is 0. The quantitative estimate of drug-likeness (QED) is 0.630. The van der Waals surface area contributed by atoms with Crippen LogP contribution in [0.3, 0.4) is 0 Å². The average Bonchev–Trinajstić information content (AvgIpc) is 2.55. The molecule has 1 aromatic heterocycles.